The maximum atomic E-state index is 12.5. The van der Waals surface area contributed by atoms with Gasteiger partial charge >= 0.3 is 5.97 Å². The molecule has 0 spiro atoms. The molecule has 1 amide bonds. The summed E-state index contributed by atoms with van der Waals surface area (Å²) in [6.07, 6.45) is 6.63. The molecule has 3 rings (SSSR count). The van der Waals surface area contributed by atoms with Crippen LogP contribution in [0.3, 0.4) is 0 Å². The molecule has 2 atom stereocenters. The van der Waals surface area contributed by atoms with Gasteiger partial charge < -0.3 is 10.1 Å². The van der Waals surface area contributed by atoms with Crippen molar-refractivity contribution in [1.29, 1.82) is 0 Å². The number of amides is 1. The number of carbonyl (C=O) groups is 2. The Hall–Kier alpha value is -1.88. The highest BCUT2D eigenvalue weighted by Gasteiger charge is 2.28. The van der Waals surface area contributed by atoms with Crippen LogP contribution in [0.4, 0.5) is 0 Å². The molecule has 1 aliphatic carbocycles. The quantitative estimate of drug-likeness (QED) is 0.780. The van der Waals surface area contributed by atoms with Gasteiger partial charge in [-0.3, -0.25) is 14.5 Å². The number of likely N-dealkylation sites (tertiary alicyclic amines) is 1. The van der Waals surface area contributed by atoms with Gasteiger partial charge in [-0.05, 0) is 75.6 Å². The average Bonchev–Trinajstić information content (AvgIpc) is 2.68. The average molecular weight is 373 g/mol. The van der Waals surface area contributed by atoms with Crippen LogP contribution in [0.5, 0.6) is 0 Å². The SMILES string of the molecule is CCOC(=O)[C@H]1CCCN(CC(=O)N[C@@H](C)c2ccc3c(c2)CCCC3)C1. The summed E-state index contributed by atoms with van der Waals surface area (Å²) in [6, 6.07) is 6.63. The zero-order valence-electron chi connectivity index (χ0n) is 16.6. The van der Waals surface area contributed by atoms with E-state index < -0.39 is 0 Å². The number of piperidine rings is 1. The second-order valence-electron chi connectivity index (χ2n) is 7.85. The van der Waals surface area contributed by atoms with Crippen LogP contribution in [0.2, 0.25) is 0 Å². The topological polar surface area (TPSA) is 58.6 Å². The molecular formula is C22H32N2O3. The van der Waals surface area contributed by atoms with E-state index in [1.165, 1.54) is 36.0 Å². The summed E-state index contributed by atoms with van der Waals surface area (Å²) in [5.74, 6) is -0.223. The zero-order valence-corrected chi connectivity index (χ0v) is 16.6. The van der Waals surface area contributed by atoms with Crippen molar-refractivity contribution in [2.45, 2.75) is 58.4 Å². The summed E-state index contributed by atoms with van der Waals surface area (Å²) >= 11 is 0. The van der Waals surface area contributed by atoms with Gasteiger partial charge in [0.05, 0.1) is 25.1 Å². The van der Waals surface area contributed by atoms with Gasteiger partial charge in [-0.25, -0.2) is 0 Å². The molecule has 5 nitrogen and oxygen atoms in total. The second-order valence-corrected chi connectivity index (χ2v) is 7.85. The van der Waals surface area contributed by atoms with Crippen molar-refractivity contribution in [1.82, 2.24) is 10.2 Å². The summed E-state index contributed by atoms with van der Waals surface area (Å²) in [7, 11) is 0. The number of esters is 1. The summed E-state index contributed by atoms with van der Waals surface area (Å²) in [6.45, 7) is 6.09. The lowest BCUT2D eigenvalue weighted by molar-refractivity contribution is -0.150. The number of nitrogens with one attached hydrogen (secondary N) is 1. The number of hydrogen-bond acceptors (Lipinski definition) is 4. The number of aryl methyl sites for hydroxylation is 2. The smallest absolute Gasteiger partial charge is 0.310 e. The summed E-state index contributed by atoms with van der Waals surface area (Å²) in [5, 5.41) is 3.12. The molecule has 0 unspecified atom stereocenters. The number of carbonyl (C=O) groups excluding carboxylic acids is 2. The lowest BCUT2D eigenvalue weighted by Gasteiger charge is -2.31. The molecule has 0 aromatic heterocycles. The van der Waals surface area contributed by atoms with Gasteiger partial charge in [0.15, 0.2) is 0 Å². The maximum Gasteiger partial charge on any atom is 0.310 e. The van der Waals surface area contributed by atoms with Gasteiger partial charge in [-0.1, -0.05) is 18.2 Å². The van der Waals surface area contributed by atoms with E-state index in [0.717, 1.165) is 25.8 Å². The molecule has 5 heteroatoms. The van der Waals surface area contributed by atoms with Crippen LogP contribution in [-0.2, 0) is 27.2 Å². The van der Waals surface area contributed by atoms with Gasteiger partial charge in [0.2, 0.25) is 5.91 Å². The fourth-order valence-corrected chi connectivity index (χ4v) is 4.25. The second kappa shape index (κ2) is 9.36. The maximum absolute atomic E-state index is 12.5. The number of ether oxygens (including phenoxy) is 1. The van der Waals surface area contributed by atoms with Crippen LogP contribution >= 0.6 is 0 Å². The van der Waals surface area contributed by atoms with E-state index >= 15 is 0 Å². The number of rotatable bonds is 6. The van der Waals surface area contributed by atoms with E-state index in [4.69, 9.17) is 4.74 Å². The fraction of sp³-hybridized carbons (Fsp3) is 0.636. The molecule has 148 valence electrons. The Morgan fingerprint density at radius 2 is 2.00 bits per heavy atom. The first-order chi connectivity index (χ1) is 13.1. The highest BCUT2D eigenvalue weighted by atomic mass is 16.5. The molecular weight excluding hydrogens is 340 g/mol. The molecule has 0 saturated carbocycles. The summed E-state index contributed by atoms with van der Waals surface area (Å²) in [4.78, 5) is 26.5. The Balaban J connectivity index is 1.52. The minimum absolute atomic E-state index is 0.00429. The van der Waals surface area contributed by atoms with Crippen molar-refractivity contribution in [3.05, 3.63) is 34.9 Å². The molecule has 1 fully saturated rings. The van der Waals surface area contributed by atoms with Crippen molar-refractivity contribution in [3.8, 4) is 0 Å². The lowest BCUT2D eigenvalue weighted by Crippen LogP contribution is -2.45. The molecule has 1 aromatic carbocycles. The van der Waals surface area contributed by atoms with E-state index in [0.29, 0.717) is 19.7 Å². The highest BCUT2D eigenvalue weighted by Crippen LogP contribution is 2.25. The molecule has 0 bridgehead atoms. The number of benzene rings is 1. The number of hydrogen-bond donors (Lipinski definition) is 1. The minimum Gasteiger partial charge on any atom is -0.466 e. The van der Waals surface area contributed by atoms with Crippen LogP contribution in [-0.4, -0.2) is 43.0 Å². The summed E-state index contributed by atoms with van der Waals surface area (Å²) in [5.41, 5.74) is 4.07. The van der Waals surface area contributed by atoms with Crippen LogP contribution in [0.25, 0.3) is 0 Å². The van der Waals surface area contributed by atoms with Crippen LogP contribution in [0.1, 0.15) is 62.3 Å². The van der Waals surface area contributed by atoms with E-state index in [1.807, 2.05) is 13.8 Å². The minimum atomic E-state index is -0.134. The number of fused-ring (bicyclic) bond motifs is 1. The molecule has 1 aromatic rings. The number of nitrogens with zero attached hydrogens (tertiary/aromatic N) is 1. The normalized spacial score (nSPS) is 21.2. The van der Waals surface area contributed by atoms with Gasteiger partial charge in [0.1, 0.15) is 0 Å². The van der Waals surface area contributed by atoms with E-state index in [1.54, 1.807) is 0 Å². The van der Waals surface area contributed by atoms with Gasteiger partial charge in [0, 0.05) is 6.54 Å². The van der Waals surface area contributed by atoms with Crippen molar-refractivity contribution in [2.75, 3.05) is 26.2 Å². The monoisotopic (exact) mass is 372 g/mol. The van der Waals surface area contributed by atoms with E-state index in [2.05, 4.69) is 28.4 Å². The van der Waals surface area contributed by atoms with Crippen molar-refractivity contribution < 1.29 is 14.3 Å². The Bertz CT molecular complexity index is 674. The van der Waals surface area contributed by atoms with E-state index in [9.17, 15) is 9.59 Å². The standard InChI is InChI=1S/C22H32N2O3/c1-3-27-22(26)20-9-6-12-24(14-20)15-21(25)23-16(2)18-11-10-17-7-4-5-8-19(17)13-18/h10-11,13,16,20H,3-9,12,14-15H2,1-2H3,(H,23,25)/t16-,20-/m0/s1. The lowest BCUT2D eigenvalue weighted by atomic mass is 9.89. The molecule has 0 radical (unpaired) electrons. The third-order valence-electron chi connectivity index (χ3n) is 5.74. The van der Waals surface area contributed by atoms with Gasteiger partial charge in [-0.15, -0.1) is 0 Å². The van der Waals surface area contributed by atoms with Crippen molar-refractivity contribution in [2.24, 2.45) is 5.92 Å². The molecule has 1 aliphatic heterocycles. The molecule has 1 saturated heterocycles. The van der Waals surface area contributed by atoms with Crippen molar-refractivity contribution >= 4 is 11.9 Å². The Labute approximate surface area is 162 Å². The Morgan fingerprint density at radius 1 is 1.22 bits per heavy atom. The predicted octanol–water partition coefficient (Wildman–Crippen LogP) is 3.02. The molecule has 1 N–H and O–H groups in total. The molecule has 1 heterocycles. The van der Waals surface area contributed by atoms with Gasteiger partial charge in [0.25, 0.3) is 0 Å². The predicted molar refractivity (Wildman–Crippen MR) is 105 cm³/mol. The third kappa shape index (κ3) is 5.32. The first-order valence-electron chi connectivity index (χ1n) is 10.4. The first kappa shape index (κ1) is 19.9. The largest absolute Gasteiger partial charge is 0.466 e. The highest BCUT2D eigenvalue weighted by molar-refractivity contribution is 5.79. The summed E-state index contributed by atoms with van der Waals surface area (Å²) < 4.78 is 5.14. The van der Waals surface area contributed by atoms with Crippen LogP contribution < -0.4 is 5.32 Å². The van der Waals surface area contributed by atoms with Crippen LogP contribution in [0, 0.1) is 5.92 Å². The molecule has 2 aliphatic rings. The zero-order chi connectivity index (χ0) is 19.2. The Kier molecular flexibility index (Phi) is 6.89. The van der Waals surface area contributed by atoms with Gasteiger partial charge in [-0.2, -0.15) is 0 Å². The first-order valence-corrected chi connectivity index (χ1v) is 10.4. The van der Waals surface area contributed by atoms with Crippen molar-refractivity contribution in [3.63, 3.8) is 0 Å². The fourth-order valence-electron chi connectivity index (χ4n) is 4.25. The Morgan fingerprint density at radius 3 is 2.78 bits per heavy atom. The van der Waals surface area contributed by atoms with E-state index in [-0.39, 0.29) is 23.8 Å². The third-order valence-corrected chi connectivity index (χ3v) is 5.74. The molecule has 27 heavy (non-hydrogen) atoms. The van der Waals surface area contributed by atoms with Crippen LogP contribution in [0.15, 0.2) is 18.2 Å².